The van der Waals surface area contributed by atoms with Crippen molar-refractivity contribution in [2.45, 2.75) is 58.4 Å². The highest BCUT2D eigenvalue weighted by atomic mass is 16.2. The van der Waals surface area contributed by atoms with Crippen LogP contribution in [0.4, 0.5) is 0 Å². The summed E-state index contributed by atoms with van der Waals surface area (Å²) in [7, 11) is 0. The van der Waals surface area contributed by atoms with E-state index in [-0.39, 0.29) is 5.92 Å². The van der Waals surface area contributed by atoms with E-state index in [4.69, 9.17) is 0 Å². The number of amides is 1. The van der Waals surface area contributed by atoms with Gasteiger partial charge in [0.25, 0.3) is 0 Å². The monoisotopic (exact) mass is 252 g/mol. The normalized spacial score (nSPS) is 27.4. The number of nitrogens with zero attached hydrogens (tertiary/aromatic N) is 1. The molecule has 0 aromatic carbocycles. The quantitative estimate of drug-likeness (QED) is 0.833. The van der Waals surface area contributed by atoms with Crippen LogP contribution in [-0.4, -0.2) is 36.5 Å². The average molecular weight is 252 g/mol. The Morgan fingerprint density at radius 1 is 1.33 bits per heavy atom. The van der Waals surface area contributed by atoms with Crippen LogP contribution >= 0.6 is 0 Å². The Balaban J connectivity index is 1.77. The summed E-state index contributed by atoms with van der Waals surface area (Å²) < 4.78 is 0. The van der Waals surface area contributed by atoms with Gasteiger partial charge < -0.3 is 10.2 Å². The molecular formula is C15H28N2O. The van der Waals surface area contributed by atoms with E-state index in [9.17, 15) is 4.79 Å². The van der Waals surface area contributed by atoms with Gasteiger partial charge in [-0.05, 0) is 44.6 Å². The lowest BCUT2D eigenvalue weighted by Gasteiger charge is -2.36. The third kappa shape index (κ3) is 3.25. The lowest BCUT2D eigenvalue weighted by atomic mass is 9.88. The highest BCUT2D eigenvalue weighted by molar-refractivity contribution is 5.78. The minimum atomic E-state index is 0.219. The first-order valence-electron chi connectivity index (χ1n) is 7.74. The number of carbonyl (C=O) groups is 1. The third-order valence-corrected chi connectivity index (χ3v) is 4.66. The van der Waals surface area contributed by atoms with E-state index in [0.717, 1.165) is 37.9 Å². The van der Waals surface area contributed by atoms with Crippen LogP contribution in [0.25, 0.3) is 0 Å². The molecule has 0 aromatic rings. The summed E-state index contributed by atoms with van der Waals surface area (Å²) in [5.74, 6) is 1.41. The summed E-state index contributed by atoms with van der Waals surface area (Å²) >= 11 is 0. The first-order chi connectivity index (χ1) is 8.72. The number of likely N-dealkylation sites (tertiary alicyclic amines) is 1. The smallest absolute Gasteiger partial charge is 0.225 e. The van der Waals surface area contributed by atoms with Gasteiger partial charge in [0.1, 0.15) is 0 Å². The molecule has 3 nitrogen and oxygen atoms in total. The van der Waals surface area contributed by atoms with Crippen LogP contribution in [0.3, 0.4) is 0 Å². The molecule has 2 heterocycles. The molecule has 18 heavy (non-hydrogen) atoms. The van der Waals surface area contributed by atoms with E-state index in [1.54, 1.807) is 0 Å². The zero-order chi connectivity index (χ0) is 13.0. The molecule has 2 aliphatic heterocycles. The van der Waals surface area contributed by atoms with Crippen molar-refractivity contribution in [2.75, 3.05) is 19.6 Å². The molecule has 2 rings (SSSR count). The lowest BCUT2D eigenvalue weighted by molar-refractivity contribution is -0.136. The van der Waals surface area contributed by atoms with Gasteiger partial charge >= 0.3 is 0 Å². The molecule has 104 valence electrons. The first kappa shape index (κ1) is 13.9. The van der Waals surface area contributed by atoms with E-state index >= 15 is 0 Å². The van der Waals surface area contributed by atoms with E-state index in [2.05, 4.69) is 24.1 Å². The molecular weight excluding hydrogens is 224 g/mol. The van der Waals surface area contributed by atoms with Crippen molar-refractivity contribution in [1.82, 2.24) is 10.2 Å². The zero-order valence-electron chi connectivity index (χ0n) is 12.0. The Hall–Kier alpha value is -0.570. The Labute approximate surface area is 111 Å². The van der Waals surface area contributed by atoms with Gasteiger partial charge in [0, 0.05) is 25.0 Å². The Morgan fingerprint density at radius 3 is 2.61 bits per heavy atom. The number of carbonyl (C=O) groups excluding carboxylic acids is 1. The summed E-state index contributed by atoms with van der Waals surface area (Å²) in [5.41, 5.74) is 0. The van der Waals surface area contributed by atoms with Crippen molar-refractivity contribution in [3.8, 4) is 0 Å². The number of nitrogens with one attached hydrogen (secondary N) is 1. The largest absolute Gasteiger partial charge is 0.342 e. The van der Waals surface area contributed by atoms with E-state index in [1.807, 2.05) is 0 Å². The molecule has 2 aliphatic rings. The highest BCUT2D eigenvalue weighted by Gasteiger charge is 2.30. The molecule has 0 saturated carbocycles. The maximum absolute atomic E-state index is 12.2. The molecule has 0 aliphatic carbocycles. The number of piperidine rings is 1. The summed E-state index contributed by atoms with van der Waals surface area (Å²) in [4.78, 5) is 14.3. The molecule has 2 saturated heterocycles. The lowest BCUT2D eigenvalue weighted by Crippen LogP contribution is -2.45. The molecule has 2 atom stereocenters. The Kier molecular flexibility index (Phi) is 5.04. The molecule has 1 N–H and O–H groups in total. The van der Waals surface area contributed by atoms with Gasteiger partial charge in [0.05, 0.1) is 0 Å². The summed E-state index contributed by atoms with van der Waals surface area (Å²) in [5, 5.41) is 3.61. The van der Waals surface area contributed by atoms with Crippen molar-refractivity contribution in [3.63, 3.8) is 0 Å². The van der Waals surface area contributed by atoms with Gasteiger partial charge in [-0.2, -0.15) is 0 Å². The van der Waals surface area contributed by atoms with E-state index < -0.39 is 0 Å². The van der Waals surface area contributed by atoms with Crippen molar-refractivity contribution < 1.29 is 4.79 Å². The minimum absolute atomic E-state index is 0.219. The van der Waals surface area contributed by atoms with Gasteiger partial charge in [-0.25, -0.2) is 0 Å². The predicted molar refractivity (Wildman–Crippen MR) is 74.4 cm³/mol. The molecule has 3 heteroatoms. The van der Waals surface area contributed by atoms with Crippen LogP contribution in [0.2, 0.25) is 0 Å². The predicted octanol–water partition coefficient (Wildman–Crippen LogP) is 2.41. The molecule has 0 aromatic heterocycles. The molecule has 0 radical (unpaired) electrons. The molecule has 1 amide bonds. The van der Waals surface area contributed by atoms with Crippen molar-refractivity contribution in [2.24, 2.45) is 11.8 Å². The van der Waals surface area contributed by atoms with Crippen LogP contribution in [0.5, 0.6) is 0 Å². The van der Waals surface area contributed by atoms with Crippen LogP contribution in [0, 0.1) is 11.8 Å². The second-order valence-electron chi connectivity index (χ2n) is 6.06. The maximum Gasteiger partial charge on any atom is 0.225 e. The van der Waals surface area contributed by atoms with Gasteiger partial charge in [0.2, 0.25) is 5.91 Å². The molecule has 0 bridgehead atoms. The fourth-order valence-electron chi connectivity index (χ4n) is 3.50. The van der Waals surface area contributed by atoms with Gasteiger partial charge in [-0.15, -0.1) is 0 Å². The molecule has 0 spiro atoms. The Bertz CT molecular complexity index is 266. The second kappa shape index (κ2) is 6.55. The number of hydrogen-bond donors (Lipinski definition) is 1. The highest BCUT2D eigenvalue weighted by Crippen LogP contribution is 2.26. The SMILES string of the molecule is CCCC(C)C(=O)N1CCC(C2CCCN2)CC1. The number of hydrogen-bond acceptors (Lipinski definition) is 2. The summed E-state index contributed by atoms with van der Waals surface area (Å²) in [6, 6.07) is 0.732. The van der Waals surface area contributed by atoms with Crippen LogP contribution in [-0.2, 0) is 4.79 Å². The minimum Gasteiger partial charge on any atom is -0.342 e. The molecule has 2 unspecified atom stereocenters. The standard InChI is InChI=1S/C15H28N2O/c1-3-5-12(2)15(18)17-10-7-13(8-11-17)14-6-4-9-16-14/h12-14,16H,3-11H2,1-2H3. The molecule has 2 fully saturated rings. The van der Waals surface area contributed by atoms with Crippen LogP contribution in [0.1, 0.15) is 52.4 Å². The summed E-state index contributed by atoms with van der Waals surface area (Å²) in [6.07, 6.45) is 7.20. The van der Waals surface area contributed by atoms with Gasteiger partial charge in [-0.3, -0.25) is 4.79 Å². The maximum atomic E-state index is 12.2. The fraction of sp³-hybridized carbons (Fsp3) is 0.933. The average Bonchev–Trinajstić information content (AvgIpc) is 2.92. The van der Waals surface area contributed by atoms with Crippen LogP contribution in [0.15, 0.2) is 0 Å². The van der Waals surface area contributed by atoms with Gasteiger partial charge in [-0.1, -0.05) is 20.3 Å². The third-order valence-electron chi connectivity index (χ3n) is 4.66. The topological polar surface area (TPSA) is 32.3 Å². The van der Waals surface area contributed by atoms with E-state index in [0.29, 0.717) is 5.91 Å². The van der Waals surface area contributed by atoms with Crippen molar-refractivity contribution in [1.29, 1.82) is 0 Å². The number of rotatable bonds is 4. The van der Waals surface area contributed by atoms with Crippen LogP contribution < -0.4 is 5.32 Å². The van der Waals surface area contributed by atoms with Gasteiger partial charge in [0.15, 0.2) is 0 Å². The van der Waals surface area contributed by atoms with E-state index in [1.165, 1.54) is 32.2 Å². The summed E-state index contributed by atoms with van der Waals surface area (Å²) in [6.45, 7) is 7.39. The fourth-order valence-corrected chi connectivity index (χ4v) is 3.50. The van der Waals surface area contributed by atoms with Crippen molar-refractivity contribution >= 4 is 5.91 Å². The Morgan fingerprint density at radius 2 is 2.06 bits per heavy atom. The van der Waals surface area contributed by atoms with Crippen molar-refractivity contribution in [3.05, 3.63) is 0 Å². The zero-order valence-corrected chi connectivity index (χ0v) is 12.0. The second-order valence-corrected chi connectivity index (χ2v) is 6.06. The first-order valence-corrected chi connectivity index (χ1v) is 7.74.